The molecule has 0 radical (unpaired) electrons. The van der Waals surface area contributed by atoms with Gasteiger partial charge < -0.3 is 5.11 Å². The number of aliphatic hydroxyl groups excluding tert-OH is 1. The fourth-order valence-electron chi connectivity index (χ4n) is 3.46. The quantitative estimate of drug-likeness (QED) is 0.796. The standard InChI is InChI=1S/C19H20N2O2S/c1-12-7-8-14-16(9-12)24-18-17(14)19(23)21(11-20-18)10-15(22)13-5-3-2-4-6-13/h2-6,11-12,15,22H,7-10H2,1H3/t12-,15-/m0/s1. The summed E-state index contributed by atoms with van der Waals surface area (Å²) in [5.41, 5.74) is 1.97. The van der Waals surface area contributed by atoms with Crippen molar-refractivity contribution in [1.29, 1.82) is 0 Å². The molecule has 0 spiro atoms. The van der Waals surface area contributed by atoms with Crippen molar-refractivity contribution in [2.75, 3.05) is 0 Å². The number of fused-ring (bicyclic) bond motifs is 3. The third-order valence-electron chi connectivity index (χ3n) is 4.84. The summed E-state index contributed by atoms with van der Waals surface area (Å²) in [7, 11) is 0. The largest absolute Gasteiger partial charge is 0.387 e. The summed E-state index contributed by atoms with van der Waals surface area (Å²) < 4.78 is 1.55. The highest BCUT2D eigenvalue weighted by Gasteiger charge is 2.23. The molecule has 2 atom stereocenters. The van der Waals surface area contributed by atoms with Crippen molar-refractivity contribution in [1.82, 2.24) is 9.55 Å². The molecule has 0 saturated carbocycles. The van der Waals surface area contributed by atoms with E-state index in [0.717, 1.165) is 35.0 Å². The Morgan fingerprint density at radius 2 is 2.17 bits per heavy atom. The minimum absolute atomic E-state index is 0.0259. The molecule has 24 heavy (non-hydrogen) atoms. The van der Waals surface area contributed by atoms with Gasteiger partial charge in [-0.15, -0.1) is 11.3 Å². The Bertz CT molecular complexity index is 930. The Morgan fingerprint density at radius 3 is 2.96 bits per heavy atom. The van der Waals surface area contributed by atoms with Crippen molar-refractivity contribution >= 4 is 21.6 Å². The molecule has 4 rings (SSSR count). The minimum Gasteiger partial charge on any atom is -0.387 e. The second-order valence-corrected chi connectivity index (χ2v) is 7.74. The first-order valence-corrected chi connectivity index (χ1v) is 9.18. The van der Waals surface area contributed by atoms with Gasteiger partial charge in [-0.2, -0.15) is 0 Å². The van der Waals surface area contributed by atoms with E-state index in [1.807, 2.05) is 30.3 Å². The van der Waals surface area contributed by atoms with Crippen molar-refractivity contribution in [2.45, 2.75) is 38.8 Å². The lowest BCUT2D eigenvalue weighted by Crippen LogP contribution is -2.24. The third-order valence-corrected chi connectivity index (χ3v) is 6.00. The molecule has 124 valence electrons. The second kappa shape index (κ2) is 6.15. The highest BCUT2D eigenvalue weighted by atomic mass is 32.1. The van der Waals surface area contributed by atoms with Crippen molar-refractivity contribution in [3.05, 3.63) is 63.0 Å². The highest BCUT2D eigenvalue weighted by Crippen LogP contribution is 2.35. The number of rotatable bonds is 3. The molecule has 1 aromatic carbocycles. The van der Waals surface area contributed by atoms with Crippen LogP contribution in [0, 0.1) is 5.92 Å². The van der Waals surface area contributed by atoms with E-state index in [0.29, 0.717) is 5.92 Å². The van der Waals surface area contributed by atoms with E-state index in [-0.39, 0.29) is 12.1 Å². The summed E-state index contributed by atoms with van der Waals surface area (Å²) in [6, 6.07) is 9.43. The summed E-state index contributed by atoms with van der Waals surface area (Å²) in [6.07, 6.45) is 3.99. The van der Waals surface area contributed by atoms with E-state index in [1.54, 1.807) is 22.2 Å². The first-order chi connectivity index (χ1) is 11.6. The molecule has 0 bridgehead atoms. The number of aryl methyl sites for hydroxylation is 1. The van der Waals surface area contributed by atoms with Crippen LogP contribution in [0.5, 0.6) is 0 Å². The maximum atomic E-state index is 12.9. The SMILES string of the molecule is C[C@H]1CCc2c(sc3ncn(C[C@H](O)c4ccccc4)c(=O)c23)C1. The first kappa shape index (κ1) is 15.5. The van der Waals surface area contributed by atoms with Gasteiger partial charge in [0.05, 0.1) is 24.4 Å². The van der Waals surface area contributed by atoms with Crippen LogP contribution in [0.1, 0.15) is 35.5 Å². The van der Waals surface area contributed by atoms with Gasteiger partial charge in [0.1, 0.15) is 4.83 Å². The molecule has 5 heteroatoms. The monoisotopic (exact) mass is 340 g/mol. The predicted octanol–water partition coefficient (Wildman–Crippen LogP) is 3.32. The Labute approximate surface area is 144 Å². The lowest BCUT2D eigenvalue weighted by molar-refractivity contribution is 0.155. The molecule has 4 nitrogen and oxygen atoms in total. The molecule has 1 aliphatic rings. The molecule has 0 unspecified atom stereocenters. The molecule has 2 heterocycles. The third kappa shape index (κ3) is 2.68. The van der Waals surface area contributed by atoms with Crippen LogP contribution in [0.15, 0.2) is 41.5 Å². The molecular formula is C19H20N2O2S. The van der Waals surface area contributed by atoms with E-state index >= 15 is 0 Å². The first-order valence-electron chi connectivity index (χ1n) is 8.36. The van der Waals surface area contributed by atoms with Gasteiger partial charge in [-0.05, 0) is 36.3 Å². The molecule has 0 saturated heterocycles. The van der Waals surface area contributed by atoms with Crippen LogP contribution in [0.4, 0.5) is 0 Å². The van der Waals surface area contributed by atoms with Crippen LogP contribution in [-0.2, 0) is 19.4 Å². The topological polar surface area (TPSA) is 55.1 Å². The van der Waals surface area contributed by atoms with Gasteiger partial charge in [-0.25, -0.2) is 4.98 Å². The number of nitrogens with zero attached hydrogens (tertiary/aromatic N) is 2. The van der Waals surface area contributed by atoms with E-state index in [1.165, 1.54) is 10.4 Å². The van der Waals surface area contributed by atoms with E-state index in [2.05, 4.69) is 11.9 Å². The summed E-state index contributed by atoms with van der Waals surface area (Å²) >= 11 is 1.65. The van der Waals surface area contributed by atoms with Crippen LogP contribution in [0.3, 0.4) is 0 Å². The molecule has 2 aromatic heterocycles. The minimum atomic E-state index is -0.711. The van der Waals surface area contributed by atoms with E-state index < -0.39 is 6.10 Å². The van der Waals surface area contributed by atoms with E-state index in [4.69, 9.17) is 0 Å². The Balaban J connectivity index is 1.72. The zero-order valence-corrected chi connectivity index (χ0v) is 14.4. The number of benzene rings is 1. The maximum absolute atomic E-state index is 12.9. The second-order valence-electron chi connectivity index (χ2n) is 6.66. The zero-order valence-electron chi connectivity index (χ0n) is 13.6. The van der Waals surface area contributed by atoms with Crippen molar-refractivity contribution < 1.29 is 5.11 Å². The number of aliphatic hydroxyl groups is 1. The normalized spacial score (nSPS) is 18.5. The number of hydrogen-bond acceptors (Lipinski definition) is 4. The van der Waals surface area contributed by atoms with E-state index in [9.17, 15) is 9.90 Å². The fraction of sp³-hybridized carbons (Fsp3) is 0.368. The average Bonchev–Trinajstić information content (AvgIpc) is 2.96. The van der Waals surface area contributed by atoms with Crippen molar-refractivity contribution in [3.63, 3.8) is 0 Å². The van der Waals surface area contributed by atoms with Crippen LogP contribution in [-0.4, -0.2) is 14.7 Å². The fourth-order valence-corrected chi connectivity index (χ4v) is 4.80. The Kier molecular flexibility index (Phi) is 3.98. The highest BCUT2D eigenvalue weighted by molar-refractivity contribution is 7.18. The Hall–Kier alpha value is -1.98. The van der Waals surface area contributed by atoms with Crippen LogP contribution in [0.25, 0.3) is 10.2 Å². The van der Waals surface area contributed by atoms with Gasteiger partial charge in [-0.1, -0.05) is 37.3 Å². The smallest absolute Gasteiger partial charge is 0.262 e. The molecule has 1 aliphatic carbocycles. The summed E-state index contributed by atoms with van der Waals surface area (Å²) in [6.45, 7) is 2.49. The molecule has 0 aliphatic heterocycles. The summed E-state index contributed by atoms with van der Waals surface area (Å²) in [5.74, 6) is 0.674. The van der Waals surface area contributed by atoms with Gasteiger partial charge in [0.25, 0.3) is 5.56 Å². The predicted molar refractivity (Wildman–Crippen MR) is 96.5 cm³/mol. The summed E-state index contributed by atoms with van der Waals surface area (Å²) in [4.78, 5) is 19.6. The number of aromatic nitrogens is 2. The van der Waals surface area contributed by atoms with Crippen LogP contribution >= 0.6 is 11.3 Å². The van der Waals surface area contributed by atoms with Crippen LogP contribution < -0.4 is 5.56 Å². The lowest BCUT2D eigenvalue weighted by Gasteiger charge is -2.17. The lowest BCUT2D eigenvalue weighted by atomic mass is 9.89. The van der Waals surface area contributed by atoms with Gasteiger partial charge in [-0.3, -0.25) is 9.36 Å². The van der Waals surface area contributed by atoms with Crippen molar-refractivity contribution in [3.8, 4) is 0 Å². The maximum Gasteiger partial charge on any atom is 0.262 e. The zero-order chi connectivity index (χ0) is 16.7. The van der Waals surface area contributed by atoms with Crippen LogP contribution in [0.2, 0.25) is 0 Å². The van der Waals surface area contributed by atoms with Gasteiger partial charge in [0.15, 0.2) is 0 Å². The average molecular weight is 340 g/mol. The molecule has 1 N–H and O–H groups in total. The number of hydrogen-bond donors (Lipinski definition) is 1. The molecule has 0 fully saturated rings. The molecule has 0 amide bonds. The van der Waals surface area contributed by atoms with Gasteiger partial charge in [0, 0.05) is 4.88 Å². The molecular weight excluding hydrogens is 320 g/mol. The number of thiophene rings is 1. The van der Waals surface area contributed by atoms with Gasteiger partial charge >= 0.3 is 0 Å². The van der Waals surface area contributed by atoms with Gasteiger partial charge in [0.2, 0.25) is 0 Å². The molecule has 3 aromatic rings. The van der Waals surface area contributed by atoms with Crippen molar-refractivity contribution in [2.24, 2.45) is 5.92 Å². The Morgan fingerprint density at radius 1 is 1.38 bits per heavy atom. The summed E-state index contributed by atoms with van der Waals surface area (Å²) in [5, 5.41) is 11.2.